The topological polar surface area (TPSA) is 77.1 Å². The zero-order valence-electron chi connectivity index (χ0n) is 9.61. The van der Waals surface area contributed by atoms with E-state index in [9.17, 15) is 0 Å². The van der Waals surface area contributed by atoms with Crippen LogP contribution in [0.5, 0.6) is 0 Å². The molecule has 0 aliphatic rings. The number of amidine groups is 1. The summed E-state index contributed by atoms with van der Waals surface area (Å²) in [6.45, 7) is 6.83. The number of nitrogens with zero attached hydrogens (tertiary/aromatic N) is 1. The molecule has 0 saturated carbocycles. The maximum atomic E-state index is 8.26. The van der Waals surface area contributed by atoms with E-state index in [2.05, 4.69) is 19.0 Å². The Morgan fingerprint density at radius 3 is 2.53 bits per heavy atom. The Morgan fingerprint density at radius 2 is 1.93 bits per heavy atom. The van der Waals surface area contributed by atoms with Gasteiger partial charge in [-0.1, -0.05) is 19.0 Å². The standard InChI is InChI=1S/C10H22N2O3/c1-9(2)8-15-7-6-14-5-3-4-10(11)12-13/h9,13H,3-8H2,1-2H3,(H2,11,12). The fourth-order valence-electron chi connectivity index (χ4n) is 0.944. The molecule has 0 aliphatic carbocycles. The SMILES string of the molecule is CC(C)COCCOCCCC(N)=NO. The fraction of sp³-hybridized carbons (Fsp3) is 0.900. The van der Waals surface area contributed by atoms with Crippen LogP contribution in [-0.2, 0) is 9.47 Å². The Bertz CT molecular complexity index is 172. The lowest BCUT2D eigenvalue weighted by Crippen LogP contribution is -2.13. The summed E-state index contributed by atoms with van der Waals surface area (Å²) in [6.07, 6.45) is 1.32. The molecule has 0 heterocycles. The van der Waals surface area contributed by atoms with Gasteiger partial charge in [-0.15, -0.1) is 0 Å². The molecular formula is C10H22N2O3. The van der Waals surface area contributed by atoms with Gasteiger partial charge in [0, 0.05) is 19.6 Å². The van der Waals surface area contributed by atoms with Crippen LogP contribution in [0, 0.1) is 5.92 Å². The summed E-state index contributed by atoms with van der Waals surface area (Å²) in [6, 6.07) is 0. The van der Waals surface area contributed by atoms with Crippen LogP contribution in [0.15, 0.2) is 5.16 Å². The predicted molar refractivity (Wildman–Crippen MR) is 59.1 cm³/mol. The van der Waals surface area contributed by atoms with Gasteiger partial charge in [-0.25, -0.2) is 0 Å². The molecule has 15 heavy (non-hydrogen) atoms. The van der Waals surface area contributed by atoms with Crippen molar-refractivity contribution in [1.82, 2.24) is 0 Å². The summed E-state index contributed by atoms with van der Waals surface area (Å²) in [5.74, 6) is 0.806. The molecule has 0 spiro atoms. The van der Waals surface area contributed by atoms with Gasteiger partial charge in [0.1, 0.15) is 5.84 Å². The zero-order valence-corrected chi connectivity index (χ0v) is 9.61. The lowest BCUT2D eigenvalue weighted by molar-refractivity contribution is 0.0374. The molecule has 0 rings (SSSR count). The van der Waals surface area contributed by atoms with Gasteiger partial charge in [0.2, 0.25) is 0 Å². The smallest absolute Gasteiger partial charge is 0.139 e. The van der Waals surface area contributed by atoms with E-state index in [-0.39, 0.29) is 5.84 Å². The van der Waals surface area contributed by atoms with Crippen molar-refractivity contribution in [2.45, 2.75) is 26.7 Å². The minimum atomic E-state index is 0.245. The van der Waals surface area contributed by atoms with Crippen molar-refractivity contribution in [2.24, 2.45) is 16.8 Å². The van der Waals surface area contributed by atoms with E-state index in [0.717, 1.165) is 13.0 Å². The molecule has 5 heteroatoms. The minimum absolute atomic E-state index is 0.245. The highest BCUT2D eigenvalue weighted by Gasteiger charge is 1.95. The van der Waals surface area contributed by atoms with Crippen molar-refractivity contribution in [2.75, 3.05) is 26.4 Å². The monoisotopic (exact) mass is 218 g/mol. The normalized spacial score (nSPS) is 12.3. The van der Waals surface area contributed by atoms with E-state index < -0.39 is 0 Å². The maximum Gasteiger partial charge on any atom is 0.139 e. The maximum absolute atomic E-state index is 8.26. The first-order valence-electron chi connectivity index (χ1n) is 5.28. The van der Waals surface area contributed by atoms with Gasteiger partial charge in [0.15, 0.2) is 0 Å². The van der Waals surface area contributed by atoms with E-state index in [1.807, 2.05) is 0 Å². The van der Waals surface area contributed by atoms with Crippen LogP contribution in [0.4, 0.5) is 0 Å². The fourth-order valence-corrected chi connectivity index (χ4v) is 0.944. The van der Waals surface area contributed by atoms with Crippen LogP contribution in [-0.4, -0.2) is 37.5 Å². The average molecular weight is 218 g/mol. The van der Waals surface area contributed by atoms with Gasteiger partial charge in [0.25, 0.3) is 0 Å². The van der Waals surface area contributed by atoms with Crippen LogP contribution in [0.25, 0.3) is 0 Å². The molecule has 90 valence electrons. The average Bonchev–Trinajstić information content (AvgIpc) is 2.21. The molecule has 0 aromatic heterocycles. The molecule has 0 atom stereocenters. The highest BCUT2D eigenvalue weighted by molar-refractivity contribution is 5.79. The van der Waals surface area contributed by atoms with Crippen molar-refractivity contribution in [3.05, 3.63) is 0 Å². The summed E-state index contributed by atoms with van der Waals surface area (Å²) < 4.78 is 10.6. The van der Waals surface area contributed by atoms with Crippen LogP contribution >= 0.6 is 0 Å². The number of nitrogens with two attached hydrogens (primary N) is 1. The predicted octanol–water partition coefficient (Wildman–Crippen LogP) is 1.20. The van der Waals surface area contributed by atoms with Crippen LogP contribution < -0.4 is 5.73 Å². The quantitative estimate of drug-likeness (QED) is 0.200. The van der Waals surface area contributed by atoms with E-state index in [0.29, 0.717) is 32.2 Å². The third-order valence-corrected chi connectivity index (χ3v) is 1.67. The Labute approximate surface area is 91.2 Å². The molecular weight excluding hydrogens is 196 g/mol. The molecule has 0 radical (unpaired) electrons. The van der Waals surface area contributed by atoms with Gasteiger partial charge in [-0.05, 0) is 12.3 Å². The first-order chi connectivity index (χ1) is 7.16. The van der Waals surface area contributed by atoms with E-state index in [1.165, 1.54) is 0 Å². The van der Waals surface area contributed by atoms with Crippen molar-refractivity contribution >= 4 is 5.84 Å². The third kappa shape index (κ3) is 11.1. The van der Waals surface area contributed by atoms with Gasteiger partial charge in [-0.2, -0.15) is 0 Å². The van der Waals surface area contributed by atoms with E-state index >= 15 is 0 Å². The molecule has 0 aromatic rings. The van der Waals surface area contributed by atoms with Crippen LogP contribution in [0.3, 0.4) is 0 Å². The molecule has 0 amide bonds. The van der Waals surface area contributed by atoms with Gasteiger partial charge < -0.3 is 20.4 Å². The van der Waals surface area contributed by atoms with E-state index in [1.54, 1.807) is 0 Å². The van der Waals surface area contributed by atoms with Gasteiger partial charge in [-0.3, -0.25) is 0 Å². The Balaban J connectivity index is 3.05. The van der Waals surface area contributed by atoms with Crippen molar-refractivity contribution < 1.29 is 14.7 Å². The van der Waals surface area contributed by atoms with Crippen LogP contribution in [0.1, 0.15) is 26.7 Å². The van der Waals surface area contributed by atoms with Gasteiger partial charge in [0.05, 0.1) is 13.2 Å². The summed E-state index contributed by atoms with van der Waals surface area (Å²) >= 11 is 0. The number of hydrogen-bond donors (Lipinski definition) is 2. The summed E-state index contributed by atoms with van der Waals surface area (Å²) in [5, 5.41) is 11.1. The van der Waals surface area contributed by atoms with E-state index in [4.69, 9.17) is 20.4 Å². The van der Waals surface area contributed by atoms with Crippen LogP contribution in [0.2, 0.25) is 0 Å². The number of ether oxygens (including phenoxy) is 2. The summed E-state index contributed by atoms with van der Waals surface area (Å²) in [5.41, 5.74) is 5.29. The number of rotatable bonds is 9. The Morgan fingerprint density at radius 1 is 1.27 bits per heavy atom. The minimum Gasteiger partial charge on any atom is -0.409 e. The summed E-state index contributed by atoms with van der Waals surface area (Å²) in [4.78, 5) is 0. The second-order valence-corrected chi connectivity index (χ2v) is 3.78. The molecule has 0 aliphatic heterocycles. The van der Waals surface area contributed by atoms with Crippen molar-refractivity contribution in [3.63, 3.8) is 0 Å². The van der Waals surface area contributed by atoms with Gasteiger partial charge >= 0.3 is 0 Å². The second kappa shape index (κ2) is 9.73. The molecule has 0 aromatic carbocycles. The largest absolute Gasteiger partial charge is 0.409 e. The van der Waals surface area contributed by atoms with Crippen molar-refractivity contribution in [1.29, 1.82) is 0 Å². The number of hydrogen-bond acceptors (Lipinski definition) is 4. The molecule has 0 unspecified atom stereocenters. The molecule has 3 N–H and O–H groups in total. The molecule has 0 saturated heterocycles. The lowest BCUT2D eigenvalue weighted by Gasteiger charge is -2.07. The first kappa shape index (κ1) is 14.2. The Hall–Kier alpha value is -0.810. The zero-order chi connectivity index (χ0) is 11.5. The highest BCUT2D eigenvalue weighted by Crippen LogP contribution is 1.93. The highest BCUT2D eigenvalue weighted by atomic mass is 16.5. The lowest BCUT2D eigenvalue weighted by atomic mass is 10.2. The first-order valence-corrected chi connectivity index (χ1v) is 5.28. The Kier molecular flexibility index (Phi) is 9.21. The number of oxime groups is 1. The van der Waals surface area contributed by atoms with Crippen molar-refractivity contribution in [3.8, 4) is 0 Å². The molecule has 5 nitrogen and oxygen atoms in total. The molecule has 0 fully saturated rings. The molecule has 0 bridgehead atoms. The summed E-state index contributed by atoms with van der Waals surface area (Å²) in [7, 11) is 0. The second-order valence-electron chi connectivity index (χ2n) is 3.78. The third-order valence-electron chi connectivity index (χ3n) is 1.67.